The molecule has 0 spiro atoms. The molecule has 0 bridgehead atoms. The Hall–Kier alpha value is -1.92. The van der Waals surface area contributed by atoms with Gasteiger partial charge in [-0.1, -0.05) is 18.2 Å². The highest BCUT2D eigenvalue weighted by atomic mass is 32.1. The van der Waals surface area contributed by atoms with Gasteiger partial charge in [0.1, 0.15) is 6.10 Å². The molecule has 0 N–H and O–H groups in total. The van der Waals surface area contributed by atoms with Gasteiger partial charge in [0.15, 0.2) is 0 Å². The molecule has 0 unspecified atom stereocenters. The molecule has 2 aliphatic heterocycles. The smallest absolute Gasteiger partial charge is 0.264 e. The van der Waals surface area contributed by atoms with E-state index >= 15 is 0 Å². The lowest BCUT2D eigenvalue weighted by Gasteiger charge is -2.35. The Morgan fingerprint density at radius 3 is 2.52 bits per heavy atom. The summed E-state index contributed by atoms with van der Waals surface area (Å²) in [4.78, 5) is 29.9. The zero-order valence-corrected chi connectivity index (χ0v) is 15.2. The van der Waals surface area contributed by atoms with Crippen LogP contribution >= 0.6 is 11.3 Å². The maximum Gasteiger partial charge on any atom is 0.264 e. The summed E-state index contributed by atoms with van der Waals surface area (Å²) >= 11 is 1.56. The number of fused-ring (bicyclic) bond motifs is 1. The fourth-order valence-electron chi connectivity index (χ4n) is 3.63. The SMILES string of the molecule is Cc1c(C(=O)N2CCN(C(=O)[C@@H]3CCCO3)CC2)sc2ccccc12. The lowest BCUT2D eigenvalue weighted by atomic mass is 10.1. The van der Waals surface area contributed by atoms with Gasteiger partial charge in [0.05, 0.1) is 4.88 Å². The summed E-state index contributed by atoms with van der Waals surface area (Å²) < 4.78 is 6.64. The van der Waals surface area contributed by atoms with Crippen molar-refractivity contribution in [1.29, 1.82) is 0 Å². The predicted molar refractivity (Wildman–Crippen MR) is 98.0 cm³/mol. The van der Waals surface area contributed by atoms with Crippen LogP contribution < -0.4 is 0 Å². The van der Waals surface area contributed by atoms with Crippen LogP contribution in [0.1, 0.15) is 28.1 Å². The summed E-state index contributed by atoms with van der Waals surface area (Å²) in [5.41, 5.74) is 1.06. The third-order valence-corrected chi connectivity index (χ3v) is 6.38. The van der Waals surface area contributed by atoms with Crippen LogP contribution in [0.3, 0.4) is 0 Å². The van der Waals surface area contributed by atoms with Gasteiger partial charge in [-0.25, -0.2) is 0 Å². The van der Waals surface area contributed by atoms with Gasteiger partial charge in [-0.15, -0.1) is 11.3 Å². The van der Waals surface area contributed by atoms with E-state index in [4.69, 9.17) is 4.74 Å². The van der Waals surface area contributed by atoms with E-state index in [1.54, 1.807) is 11.3 Å². The molecule has 2 saturated heterocycles. The van der Waals surface area contributed by atoms with Crippen LogP contribution in [0.4, 0.5) is 0 Å². The quantitative estimate of drug-likeness (QED) is 0.829. The van der Waals surface area contributed by atoms with Crippen molar-refractivity contribution in [2.45, 2.75) is 25.9 Å². The molecule has 1 aromatic heterocycles. The lowest BCUT2D eigenvalue weighted by molar-refractivity contribution is -0.142. The molecule has 6 heteroatoms. The van der Waals surface area contributed by atoms with Gasteiger partial charge in [-0.2, -0.15) is 0 Å². The Kier molecular flexibility index (Phi) is 4.48. The van der Waals surface area contributed by atoms with Gasteiger partial charge in [-0.3, -0.25) is 9.59 Å². The first-order chi connectivity index (χ1) is 12.1. The van der Waals surface area contributed by atoms with Crippen molar-refractivity contribution in [2.24, 2.45) is 0 Å². The second-order valence-corrected chi connectivity index (χ2v) is 7.72. The molecule has 0 radical (unpaired) electrons. The molecule has 2 aromatic rings. The van der Waals surface area contributed by atoms with Crippen molar-refractivity contribution in [3.8, 4) is 0 Å². The number of thiophene rings is 1. The number of ether oxygens (including phenoxy) is 1. The fourth-order valence-corrected chi connectivity index (χ4v) is 4.80. The van der Waals surface area contributed by atoms with E-state index < -0.39 is 0 Å². The Bertz CT molecular complexity index is 802. The van der Waals surface area contributed by atoms with Crippen molar-refractivity contribution in [3.05, 3.63) is 34.7 Å². The summed E-state index contributed by atoms with van der Waals surface area (Å²) in [6, 6.07) is 8.13. The van der Waals surface area contributed by atoms with E-state index in [0.29, 0.717) is 32.8 Å². The predicted octanol–water partition coefficient (Wildman–Crippen LogP) is 2.67. The molecule has 2 fully saturated rings. The van der Waals surface area contributed by atoms with Crippen molar-refractivity contribution in [3.63, 3.8) is 0 Å². The molecule has 1 aromatic carbocycles. The minimum atomic E-state index is -0.271. The number of aryl methyl sites for hydroxylation is 1. The van der Waals surface area contributed by atoms with Gasteiger partial charge in [0.25, 0.3) is 11.8 Å². The van der Waals surface area contributed by atoms with Gasteiger partial charge < -0.3 is 14.5 Å². The van der Waals surface area contributed by atoms with Gasteiger partial charge in [0.2, 0.25) is 0 Å². The molecule has 2 aliphatic rings. The number of amides is 2. The summed E-state index contributed by atoms with van der Waals surface area (Å²) in [7, 11) is 0. The minimum absolute atomic E-state index is 0.0858. The standard InChI is InChI=1S/C19H22N2O3S/c1-13-14-5-2-3-7-16(14)25-17(13)19(23)21-10-8-20(9-11-21)18(22)15-6-4-12-24-15/h2-3,5,7,15H,4,6,8-12H2,1H3/t15-/m0/s1. The molecule has 1 atom stereocenters. The largest absolute Gasteiger partial charge is 0.368 e. The first kappa shape index (κ1) is 16.5. The minimum Gasteiger partial charge on any atom is -0.368 e. The highest BCUT2D eigenvalue weighted by Gasteiger charge is 2.32. The zero-order chi connectivity index (χ0) is 17.4. The lowest BCUT2D eigenvalue weighted by Crippen LogP contribution is -2.52. The summed E-state index contributed by atoms with van der Waals surface area (Å²) in [5.74, 6) is 0.172. The van der Waals surface area contributed by atoms with E-state index in [2.05, 4.69) is 12.1 Å². The van der Waals surface area contributed by atoms with Gasteiger partial charge in [0, 0.05) is 37.5 Å². The molecule has 0 saturated carbocycles. The summed E-state index contributed by atoms with van der Waals surface area (Å²) in [5, 5.41) is 1.16. The van der Waals surface area contributed by atoms with Gasteiger partial charge in [-0.05, 0) is 36.8 Å². The first-order valence-electron chi connectivity index (χ1n) is 8.83. The number of piperazine rings is 1. The average molecular weight is 358 g/mol. The van der Waals surface area contributed by atoms with Crippen LogP contribution in [0.2, 0.25) is 0 Å². The van der Waals surface area contributed by atoms with E-state index in [1.165, 1.54) is 0 Å². The molecule has 2 amide bonds. The van der Waals surface area contributed by atoms with Crippen molar-refractivity contribution < 1.29 is 14.3 Å². The molecule has 0 aliphatic carbocycles. The molecular formula is C19H22N2O3S. The second kappa shape index (κ2) is 6.77. The molecule has 3 heterocycles. The maximum atomic E-state index is 12.9. The second-order valence-electron chi connectivity index (χ2n) is 6.67. The van der Waals surface area contributed by atoms with Crippen molar-refractivity contribution >= 4 is 33.2 Å². The van der Waals surface area contributed by atoms with Crippen LogP contribution in [-0.2, 0) is 9.53 Å². The Balaban J connectivity index is 1.44. The van der Waals surface area contributed by atoms with Gasteiger partial charge >= 0.3 is 0 Å². The maximum absolute atomic E-state index is 12.9. The van der Waals surface area contributed by atoms with Crippen LogP contribution in [-0.4, -0.2) is 60.5 Å². The summed E-state index contributed by atoms with van der Waals surface area (Å²) in [6.45, 7) is 5.06. The number of hydrogen-bond donors (Lipinski definition) is 0. The van der Waals surface area contributed by atoms with E-state index in [1.807, 2.05) is 28.9 Å². The number of carbonyl (C=O) groups excluding carboxylic acids is 2. The van der Waals surface area contributed by atoms with Crippen LogP contribution in [0.25, 0.3) is 10.1 Å². The molecule has 5 nitrogen and oxygen atoms in total. The normalized spacial score (nSPS) is 21.1. The van der Waals surface area contributed by atoms with E-state index in [0.717, 1.165) is 33.4 Å². The fraction of sp³-hybridized carbons (Fsp3) is 0.474. The molecule has 132 valence electrons. The van der Waals surface area contributed by atoms with Crippen LogP contribution in [0.15, 0.2) is 24.3 Å². The van der Waals surface area contributed by atoms with Crippen molar-refractivity contribution in [1.82, 2.24) is 9.80 Å². The highest BCUT2D eigenvalue weighted by Crippen LogP contribution is 2.31. The molecule has 4 rings (SSSR count). The van der Waals surface area contributed by atoms with Crippen LogP contribution in [0.5, 0.6) is 0 Å². The third kappa shape index (κ3) is 3.04. The summed E-state index contributed by atoms with van der Waals surface area (Å²) in [6.07, 6.45) is 1.51. The van der Waals surface area contributed by atoms with Crippen LogP contribution in [0, 0.1) is 6.92 Å². The zero-order valence-electron chi connectivity index (χ0n) is 14.4. The topological polar surface area (TPSA) is 49.9 Å². The number of carbonyl (C=O) groups is 2. The first-order valence-corrected chi connectivity index (χ1v) is 9.64. The van der Waals surface area contributed by atoms with E-state index in [9.17, 15) is 9.59 Å². The molecule has 25 heavy (non-hydrogen) atoms. The third-order valence-electron chi connectivity index (χ3n) is 5.12. The number of nitrogens with zero attached hydrogens (tertiary/aromatic N) is 2. The van der Waals surface area contributed by atoms with Crippen molar-refractivity contribution in [2.75, 3.05) is 32.8 Å². The Morgan fingerprint density at radius 1 is 1.12 bits per heavy atom. The Morgan fingerprint density at radius 2 is 1.84 bits per heavy atom. The number of hydrogen-bond acceptors (Lipinski definition) is 4. The Labute approximate surface area is 151 Å². The van der Waals surface area contributed by atoms with E-state index in [-0.39, 0.29) is 17.9 Å². The average Bonchev–Trinajstić information content (AvgIpc) is 3.30. The monoisotopic (exact) mass is 358 g/mol. The number of benzene rings is 1. The molecular weight excluding hydrogens is 336 g/mol. The number of rotatable bonds is 2. The highest BCUT2D eigenvalue weighted by molar-refractivity contribution is 7.21.